The highest BCUT2D eigenvalue weighted by molar-refractivity contribution is 6.30. The third-order valence-corrected chi connectivity index (χ3v) is 4.65. The number of nitrogens with zero attached hydrogens (tertiary/aromatic N) is 2. The molecule has 0 spiro atoms. The monoisotopic (exact) mass is 398 g/mol. The molecule has 3 rings (SSSR count). The zero-order valence-corrected chi connectivity index (χ0v) is 15.9. The molecule has 1 amide bonds. The Morgan fingerprint density at radius 3 is 2.79 bits per heavy atom. The van der Waals surface area contributed by atoms with E-state index in [1.165, 1.54) is 4.90 Å². The highest BCUT2D eigenvalue weighted by atomic mass is 35.5. The number of ether oxygens (including phenoxy) is 2. The summed E-state index contributed by atoms with van der Waals surface area (Å²) in [6, 6.07) is 16.3. The largest absolute Gasteiger partial charge is 0.492 e. The molecule has 0 saturated heterocycles. The minimum absolute atomic E-state index is 0.183. The smallest absolute Gasteiger partial charge is 0.313 e. The van der Waals surface area contributed by atoms with Gasteiger partial charge in [0.15, 0.2) is 6.61 Å². The van der Waals surface area contributed by atoms with Gasteiger partial charge in [-0.3, -0.25) is 9.59 Å². The maximum atomic E-state index is 12.6. The summed E-state index contributed by atoms with van der Waals surface area (Å²) in [6.45, 7) is 0.0336. The average molecular weight is 399 g/mol. The zero-order chi connectivity index (χ0) is 19.9. The lowest BCUT2D eigenvalue weighted by molar-refractivity contribution is -0.153. The van der Waals surface area contributed by atoms with Crippen molar-refractivity contribution in [3.05, 3.63) is 59.1 Å². The van der Waals surface area contributed by atoms with Crippen molar-refractivity contribution in [3.8, 4) is 11.8 Å². The highest BCUT2D eigenvalue weighted by Gasteiger charge is 2.28. The molecule has 144 valence electrons. The van der Waals surface area contributed by atoms with Gasteiger partial charge in [0.25, 0.3) is 5.91 Å². The van der Waals surface area contributed by atoms with Gasteiger partial charge in [0.1, 0.15) is 12.4 Å². The number of hydrogen-bond donors (Lipinski definition) is 0. The van der Waals surface area contributed by atoms with Gasteiger partial charge in [-0.25, -0.2) is 0 Å². The maximum absolute atomic E-state index is 12.6. The maximum Gasteiger partial charge on any atom is 0.313 e. The molecule has 0 unspecified atom stereocenters. The van der Waals surface area contributed by atoms with E-state index in [0.717, 1.165) is 5.56 Å². The Balaban J connectivity index is 1.60. The molecule has 1 aliphatic rings. The van der Waals surface area contributed by atoms with E-state index in [1.54, 1.807) is 42.5 Å². The number of fused-ring (bicyclic) bond motifs is 1. The predicted molar refractivity (Wildman–Crippen MR) is 104 cm³/mol. The van der Waals surface area contributed by atoms with Crippen molar-refractivity contribution in [2.24, 2.45) is 5.92 Å². The molecule has 0 N–H and O–H groups in total. The van der Waals surface area contributed by atoms with Gasteiger partial charge in [0.2, 0.25) is 0 Å². The quantitative estimate of drug-likeness (QED) is 0.697. The van der Waals surface area contributed by atoms with Crippen molar-refractivity contribution < 1.29 is 19.1 Å². The number of para-hydroxylation sites is 1. The number of amides is 1. The van der Waals surface area contributed by atoms with Gasteiger partial charge >= 0.3 is 5.97 Å². The van der Waals surface area contributed by atoms with Crippen LogP contribution in [-0.2, 0) is 20.7 Å². The van der Waals surface area contributed by atoms with Gasteiger partial charge in [0, 0.05) is 17.3 Å². The van der Waals surface area contributed by atoms with Crippen LogP contribution in [0.25, 0.3) is 0 Å². The predicted octanol–water partition coefficient (Wildman–Crippen LogP) is 3.38. The van der Waals surface area contributed by atoms with E-state index >= 15 is 0 Å². The Kier molecular flexibility index (Phi) is 6.51. The fourth-order valence-electron chi connectivity index (χ4n) is 3.01. The standard InChI is InChI=1S/C21H19ClN2O4/c22-17-7-8-19-15(12-17)11-16(13-27-19)21(26)28-14-20(25)24(10-4-9-23)18-5-2-1-3-6-18/h1-3,5-8,12,16H,4,10-11,13-14H2/t16-/m0/s1. The molecule has 28 heavy (non-hydrogen) atoms. The fraction of sp³-hybridized carbons (Fsp3) is 0.286. The first-order valence-corrected chi connectivity index (χ1v) is 9.26. The van der Waals surface area contributed by atoms with Crippen molar-refractivity contribution in [3.63, 3.8) is 0 Å². The molecule has 0 fully saturated rings. The summed E-state index contributed by atoms with van der Waals surface area (Å²) < 4.78 is 10.8. The van der Waals surface area contributed by atoms with Gasteiger partial charge in [0.05, 0.1) is 18.4 Å². The first-order chi connectivity index (χ1) is 13.6. The van der Waals surface area contributed by atoms with Crippen LogP contribution in [-0.4, -0.2) is 31.6 Å². The molecular weight excluding hydrogens is 380 g/mol. The number of halogens is 1. The summed E-state index contributed by atoms with van der Waals surface area (Å²) >= 11 is 6.00. The minimum atomic E-state index is -0.497. The summed E-state index contributed by atoms with van der Waals surface area (Å²) in [5, 5.41) is 9.41. The van der Waals surface area contributed by atoms with Gasteiger partial charge in [-0.15, -0.1) is 0 Å². The number of hydrogen-bond acceptors (Lipinski definition) is 5. The topological polar surface area (TPSA) is 79.6 Å². The number of esters is 1. The van der Waals surface area contributed by atoms with Crippen LogP contribution in [0.3, 0.4) is 0 Å². The molecule has 6 nitrogen and oxygen atoms in total. The highest BCUT2D eigenvalue weighted by Crippen LogP contribution is 2.30. The molecule has 0 saturated carbocycles. The van der Waals surface area contributed by atoms with Crippen molar-refractivity contribution in [2.45, 2.75) is 12.8 Å². The first-order valence-electron chi connectivity index (χ1n) is 8.88. The SMILES string of the molecule is N#CCCN(C(=O)COC(=O)[C@@H]1COc2ccc(Cl)cc2C1)c1ccccc1. The van der Waals surface area contributed by atoms with E-state index in [-0.39, 0.29) is 25.5 Å². The molecule has 7 heteroatoms. The Morgan fingerprint density at radius 1 is 1.25 bits per heavy atom. The second-order valence-electron chi connectivity index (χ2n) is 6.36. The van der Waals surface area contributed by atoms with E-state index in [2.05, 4.69) is 0 Å². The van der Waals surface area contributed by atoms with Crippen LogP contribution in [0.1, 0.15) is 12.0 Å². The molecular formula is C21H19ClN2O4. The number of anilines is 1. The van der Waals surface area contributed by atoms with Gasteiger partial charge in [-0.05, 0) is 42.3 Å². The number of carbonyl (C=O) groups is 2. The van der Waals surface area contributed by atoms with Crippen LogP contribution in [0.4, 0.5) is 5.69 Å². The number of rotatable bonds is 6. The van der Waals surface area contributed by atoms with Crippen LogP contribution in [0.5, 0.6) is 5.75 Å². The van der Waals surface area contributed by atoms with Crippen LogP contribution >= 0.6 is 11.6 Å². The summed E-state index contributed by atoms with van der Waals surface area (Å²) in [5.74, 6) is -0.665. The van der Waals surface area contributed by atoms with Crippen molar-refractivity contribution in [1.82, 2.24) is 0 Å². The third kappa shape index (κ3) is 4.81. The second kappa shape index (κ2) is 9.25. The Labute approximate surface area is 168 Å². The molecule has 1 atom stereocenters. The molecule has 0 radical (unpaired) electrons. The first kappa shape index (κ1) is 19.7. The molecule has 1 aliphatic heterocycles. The Bertz CT molecular complexity index is 895. The lowest BCUT2D eigenvalue weighted by atomic mass is 9.97. The average Bonchev–Trinajstić information content (AvgIpc) is 2.72. The van der Waals surface area contributed by atoms with Gasteiger partial charge in [-0.2, -0.15) is 5.26 Å². The Morgan fingerprint density at radius 2 is 2.04 bits per heavy atom. The molecule has 0 aromatic heterocycles. The molecule has 2 aromatic carbocycles. The normalized spacial score (nSPS) is 14.9. The summed E-state index contributed by atoms with van der Waals surface area (Å²) in [7, 11) is 0. The molecule has 0 bridgehead atoms. The fourth-order valence-corrected chi connectivity index (χ4v) is 3.21. The van der Waals surface area contributed by atoms with E-state index in [0.29, 0.717) is 22.9 Å². The van der Waals surface area contributed by atoms with E-state index in [1.807, 2.05) is 12.1 Å². The van der Waals surface area contributed by atoms with Crippen LogP contribution in [0, 0.1) is 17.2 Å². The van der Waals surface area contributed by atoms with Gasteiger partial charge in [-0.1, -0.05) is 29.8 Å². The zero-order valence-electron chi connectivity index (χ0n) is 15.1. The lowest BCUT2D eigenvalue weighted by Gasteiger charge is -2.25. The van der Waals surface area contributed by atoms with E-state index in [4.69, 9.17) is 26.3 Å². The number of carbonyl (C=O) groups excluding carboxylic acids is 2. The number of nitriles is 1. The van der Waals surface area contributed by atoms with Crippen LogP contribution in [0.2, 0.25) is 5.02 Å². The summed E-state index contributed by atoms with van der Waals surface area (Å²) in [5.41, 5.74) is 1.50. The minimum Gasteiger partial charge on any atom is -0.492 e. The van der Waals surface area contributed by atoms with Crippen molar-refractivity contribution >= 4 is 29.2 Å². The molecule has 0 aliphatic carbocycles. The molecule has 2 aromatic rings. The van der Waals surface area contributed by atoms with Crippen molar-refractivity contribution in [1.29, 1.82) is 5.26 Å². The Hall–Kier alpha value is -3.04. The molecule has 1 heterocycles. The third-order valence-electron chi connectivity index (χ3n) is 4.42. The van der Waals surface area contributed by atoms with E-state index < -0.39 is 18.5 Å². The van der Waals surface area contributed by atoms with E-state index in [9.17, 15) is 9.59 Å². The van der Waals surface area contributed by atoms with Crippen LogP contribution in [0.15, 0.2) is 48.5 Å². The summed E-state index contributed by atoms with van der Waals surface area (Å²) in [6.07, 6.45) is 0.627. The van der Waals surface area contributed by atoms with Crippen LogP contribution < -0.4 is 9.64 Å². The second-order valence-corrected chi connectivity index (χ2v) is 6.80. The van der Waals surface area contributed by atoms with Gasteiger partial charge < -0.3 is 14.4 Å². The lowest BCUT2D eigenvalue weighted by Crippen LogP contribution is -2.37. The summed E-state index contributed by atoms with van der Waals surface area (Å²) in [4.78, 5) is 26.4. The van der Waals surface area contributed by atoms with Crippen molar-refractivity contribution in [2.75, 3.05) is 24.7 Å². The number of benzene rings is 2.